The van der Waals surface area contributed by atoms with E-state index in [-0.39, 0.29) is 18.0 Å². The van der Waals surface area contributed by atoms with Crippen molar-refractivity contribution in [3.05, 3.63) is 44.9 Å². The predicted molar refractivity (Wildman–Crippen MR) is 72.4 cm³/mol. The van der Waals surface area contributed by atoms with Gasteiger partial charge in [-0.2, -0.15) is 0 Å². The number of allylic oxidation sites excluding steroid dienone is 1. The van der Waals surface area contributed by atoms with Crippen LogP contribution in [0, 0.1) is 13.8 Å². The van der Waals surface area contributed by atoms with Crippen LogP contribution in [0.3, 0.4) is 0 Å². The first-order chi connectivity index (χ1) is 8.49. The molecule has 0 radical (unpaired) electrons. The summed E-state index contributed by atoms with van der Waals surface area (Å²) in [5.74, 6) is -0.112. The van der Waals surface area contributed by atoms with Crippen LogP contribution in [0.25, 0.3) is 0 Å². The highest BCUT2D eigenvalue weighted by Crippen LogP contribution is 2.05. The number of hydrogen-bond acceptors (Lipinski definition) is 2. The second-order valence-electron chi connectivity index (χ2n) is 4.29. The van der Waals surface area contributed by atoms with Crippen LogP contribution in [0.5, 0.6) is 0 Å². The predicted octanol–water partition coefficient (Wildman–Crippen LogP) is 1.96. The van der Waals surface area contributed by atoms with Crippen LogP contribution >= 0.6 is 0 Å². The van der Waals surface area contributed by atoms with Crippen molar-refractivity contribution < 1.29 is 4.79 Å². The van der Waals surface area contributed by atoms with Crippen molar-refractivity contribution in [3.8, 4) is 0 Å². The van der Waals surface area contributed by atoms with Crippen LogP contribution in [-0.2, 0) is 11.3 Å². The molecule has 0 aliphatic carbocycles. The Bertz CT molecular complexity index is 527. The highest BCUT2D eigenvalue weighted by atomic mass is 16.1. The third-order valence-electron chi connectivity index (χ3n) is 2.94. The maximum Gasteiger partial charge on any atom is 0.253 e. The number of pyridine rings is 1. The zero-order chi connectivity index (χ0) is 13.7. The fourth-order valence-electron chi connectivity index (χ4n) is 1.88. The summed E-state index contributed by atoms with van der Waals surface area (Å²) in [5, 5.41) is 2.77. The second kappa shape index (κ2) is 6.19. The molecular formula is C14H20N2O2. The van der Waals surface area contributed by atoms with Gasteiger partial charge >= 0.3 is 0 Å². The second-order valence-corrected chi connectivity index (χ2v) is 4.29. The lowest BCUT2D eigenvalue weighted by Crippen LogP contribution is -2.28. The average molecular weight is 248 g/mol. The van der Waals surface area contributed by atoms with Gasteiger partial charge in [0.25, 0.3) is 5.56 Å². The van der Waals surface area contributed by atoms with Gasteiger partial charge in [0.05, 0.1) is 0 Å². The van der Waals surface area contributed by atoms with Crippen LogP contribution in [0.1, 0.15) is 37.1 Å². The molecule has 4 heteroatoms. The molecule has 1 rings (SSSR count). The highest BCUT2D eigenvalue weighted by molar-refractivity contribution is 5.93. The summed E-state index contributed by atoms with van der Waals surface area (Å²) in [4.78, 5) is 26.3. The number of carbonyl (C=O) groups excluding carboxylic acids is 1. The molecule has 18 heavy (non-hydrogen) atoms. The van der Waals surface area contributed by atoms with Crippen LogP contribution in [0.2, 0.25) is 0 Å². The first-order valence-electron chi connectivity index (χ1n) is 6.12. The van der Waals surface area contributed by atoms with Gasteiger partial charge in [-0.15, -0.1) is 0 Å². The lowest BCUT2D eigenvalue weighted by molar-refractivity contribution is -0.117. The van der Waals surface area contributed by atoms with E-state index in [9.17, 15) is 9.59 Å². The topological polar surface area (TPSA) is 62.0 Å². The number of hydrogen-bond donors (Lipinski definition) is 2. The standard InChI is InChI=1S/C14H20N2O2/c1-5-11(6-2)13(17)15-8-12-9(3)7-10(4)16-14(12)18/h5,7H,6,8H2,1-4H3,(H,15,17)(H,16,18). The molecule has 0 unspecified atom stereocenters. The summed E-state index contributed by atoms with van der Waals surface area (Å²) in [5.41, 5.74) is 2.94. The molecule has 1 aromatic heterocycles. The zero-order valence-electron chi connectivity index (χ0n) is 11.4. The first kappa shape index (κ1) is 14.2. The molecule has 1 amide bonds. The number of aromatic nitrogens is 1. The molecule has 0 aromatic carbocycles. The Morgan fingerprint density at radius 3 is 2.61 bits per heavy atom. The number of H-pyrrole nitrogens is 1. The normalized spacial score (nSPS) is 11.4. The van der Waals surface area contributed by atoms with Gasteiger partial charge in [-0.1, -0.05) is 13.0 Å². The van der Waals surface area contributed by atoms with Crippen LogP contribution in [0.4, 0.5) is 0 Å². The van der Waals surface area contributed by atoms with Gasteiger partial charge < -0.3 is 10.3 Å². The number of rotatable bonds is 4. The number of amides is 1. The van der Waals surface area contributed by atoms with E-state index in [1.165, 1.54) is 0 Å². The van der Waals surface area contributed by atoms with Crippen molar-refractivity contribution in [2.75, 3.05) is 0 Å². The molecular weight excluding hydrogens is 228 g/mol. The first-order valence-corrected chi connectivity index (χ1v) is 6.12. The summed E-state index contributed by atoms with van der Waals surface area (Å²) < 4.78 is 0. The molecule has 1 heterocycles. The van der Waals surface area contributed by atoms with Crippen LogP contribution < -0.4 is 10.9 Å². The fourth-order valence-corrected chi connectivity index (χ4v) is 1.88. The summed E-state index contributed by atoms with van der Waals surface area (Å²) in [6.07, 6.45) is 2.48. The average Bonchev–Trinajstić information content (AvgIpc) is 2.29. The maximum atomic E-state index is 11.8. The number of nitrogens with one attached hydrogen (secondary N) is 2. The van der Waals surface area contributed by atoms with Crippen molar-refractivity contribution in [2.24, 2.45) is 0 Å². The minimum absolute atomic E-state index is 0.112. The molecule has 0 aliphatic rings. The lowest BCUT2D eigenvalue weighted by atomic mass is 10.1. The van der Waals surface area contributed by atoms with Gasteiger partial charge in [0.15, 0.2) is 0 Å². The molecule has 2 N–H and O–H groups in total. The van der Waals surface area contributed by atoms with Gasteiger partial charge in [-0.05, 0) is 38.8 Å². The summed E-state index contributed by atoms with van der Waals surface area (Å²) >= 11 is 0. The van der Waals surface area contributed by atoms with Crippen molar-refractivity contribution in [2.45, 2.75) is 40.7 Å². The zero-order valence-corrected chi connectivity index (χ0v) is 11.4. The van der Waals surface area contributed by atoms with E-state index in [0.29, 0.717) is 12.0 Å². The minimum Gasteiger partial charge on any atom is -0.348 e. The Morgan fingerprint density at radius 2 is 2.11 bits per heavy atom. The highest BCUT2D eigenvalue weighted by Gasteiger charge is 2.09. The van der Waals surface area contributed by atoms with E-state index in [1.807, 2.05) is 33.8 Å². The molecule has 0 bridgehead atoms. The Kier molecular flexibility index (Phi) is 4.89. The molecule has 0 aliphatic heterocycles. The van der Waals surface area contributed by atoms with Gasteiger partial charge in [-0.25, -0.2) is 0 Å². The maximum absolute atomic E-state index is 11.8. The molecule has 0 saturated heterocycles. The van der Waals surface area contributed by atoms with Gasteiger partial charge in [0.1, 0.15) is 0 Å². The van der Waals surface area contributed by atoms with E-state index in [0.717, 1.165) is 16.8 Å². The molecule has 0 saturated carbocycles. The van der Waals surface area contributed by atoms with Gasteiger partial charge in [-0.3, -0.25) is 9.59 Å². The van der Waals surface area contributed by atoms with Crippen molar-refractivity contribution in [3.63, 3.8) is 0 Å². The molecule has 0 atom stereocenters. The quantitative estimate of drug-likeness (QED) is 0.800. The summed E-state index contributed by atoms with van der Waals surface area (Å²) in [6, 6.07) is 1.90. The molecule has 4 nitrogen and oxygen atoms in total. The fraction of sp³-hybridized carbons (Fsp3) is 0.429. The van der Waals surface area contributed by atoms with Gasteiger partial charge in [0.2, 0.25) is 5.91 Å². The van der Waals surface area contributed by atoms with E-state index in [1.54, 1.807) is 6.08 Å². The molecule has 1 aromatic rings. The van der Waals surface area contributed by atoms with Crippen LogP contribution in [0.15, 0.2) is 22.5 Å². The molecule has 0 fully saturated rings. The monoisotopic (exact) mass is 248 g/mol. The van der Waals surface area contributed by atoms with Crippen molar-refractivity contribution in [1.29, 1.82) is 0 Å². The Hall–Kier alpha value is -1.84. The SMILES string of the molecule is CC=C(CC)C(=O)NCc1c(C)cc(C)[nH]c1=O. The van der Waals surface area contributed by atoms with E-state index < -0.39 is 0 Å². The van der Waals surface area contributed by atoms with Crippen molar-refractivity contribution >= 4 is 5.91 Å². The van der Waals surface area contributed by atoms with Gasteiger partial charge in [0, 0.05) is 23.4 Å². The van der Waals surface area contributed by atoms with E-state index in [2.05, 4.69) is 10.3 Å². The summed E-state index contributed by atoms with van der Waals surface area (Å²) in [7, 11) is 0. The lowest BCUT2D eigenvalue weighted by Gasteiger charge is -2.09. The molecule has 98 valence electrons. The van der Waals surface area contributed by atoms with E-state index in [4.69, 9.17) is 0 Å². The van der Waals surface area contributed by atoms with Crippen LogP contribution in [-0.4, -0.2) is 10.9 Å². The smallest absolute Gasteiger partial charge is 0.253 e. The summed E-state index contributed by atoms with van der Waals surface area (Å²) in [6.45, 7) is 7.74. The van der Waals surface area contributed by atoms with E-state index >= 15 is 0 Å². The van der Waals surface area contributed by atoms with Crippen molar-refractivity contribution in [1.82, 2.24) is 10.3 Å². The third kappa shape index (κ3) is 3.32. The number of aryl methyl sites for hydroxylation is 2. The Morgan fingerprint density at radius 1 is 1.44 bits per heavy atom. The Labute approximate surface area is 107 Å². The number of aromatic amines is 1. The Balaban J connectivity index is 2.82. The number of carbonyl (C=O) groups is 1. The minimum atomic E-state index is -0.133. The third-order valence-corrected chi connectivity index (χ3v) is 2.94. The molecule has 0 spiro atoms. The largest absolute Gasteiger partial charge is 0.348 e.